The van der Waals surface area contributed by atoms with Gasteiger partial charge < -0.3 is 15.4 Å². The number of amides is 2. The molecule has 1 aromatic heterocycles. The van der Waals surface area contributed by atoms with Crippen LogP contribution in [0.15, 0.2) is 66.0 Å². The fourth-order valence-electron chi connectivity index (χ4n) is 2.40. The van der Waals surface area contributed by atoms with Crippen LogP contribution in [-0.2, 0) is 4.79 Å². The van der Waals surface area contributed by atoms with E-state index in [-0.39, 0.29) is 11.8 Å². The quantitative estimate of drug-likeness (QED) is 0.563. The molecule has 1 heterocycles. The number of rotatable bonds is 6. The summed E-state index contributed by atoms with van der Waals surface area (Å²) in [5, 5.41) is 8.08. The van der Waals surface area contributed by atoms with E-state index in [0.717, 1.165) is 0 Å². The summed E-state index contributed by atoms with van der Waals surface area (Å²) >= 11 is 7.24. The molecule has 0 saturated carbocycles. The van der Waals surface area contributed by atoms with Crippen molar-refractivity contribution in [3.8, 4) is 5.75 Å². The number of carbonyl (C=O) groups is 2. The highest BCUT2D eigenvalue weighted by atomic mass is 35.5. The number of hydrogen-bond acceptors (Lipinski definition) is 4. The number of carbonyl (C=O) groups excluding carboxylic acids is 2. The van der Waals surface area contributed by atoms with E-state index >= 15 is 0 Å². The average molecular weight is 415 g/mol. The molecule has 0 unspecified atom stereocenters. The van der Waals surface area contributed by atoms with Crippen LogP contribution in [0, 0.1) is 0 Å². The van der Waals surface area contributed by atoms with Crippen LogP contribution in [0.4, 0.5) is 11.4 Å². The van der Waals surface area contributed by atoms with Gasteiger partial charge in [0.2, 0.25) is 0 Å². The van der Waals surface area contributed by atoms with E-state index in [4.69, 9.17) is 16.3 Å². The van der Waals surface area contributed by atoms with E-state index in [0.29, 0.717) is 27.0 Å². The van der Waals surface area contributed by atoms with E-state index < -0.39 is 5.60 Å². The summed E-state index contributed by atoms with van der Waals surface area (Å²) in [6.07, 6.45) is 0. The molecule has 0 aliphatic heterocycles. The number of halogens is 1. The Balaban J connectivity index is 1.66. The minimum atomic E-state index is -1.11. The molecular formula is C21H19ClN2O3S. The van der Waals surface area contributed by atoms with Gasteiger partial charge in [0.25, 0.3) is 11.8 Å². The van der Waals surface area contributed by atoms with Crippen LogP contribution >= 0.6 is 22.9 Å². The van der Waals surface area contributed by atoms with Crippen LogP contribution in [0.2, 0.25) is 5.02 Å². The molecule has 0 aliphatic rings. The van der Waals surface area contributed by atoms with E-state index in [1.807, 2.05) is 11.4 Å². The van der Waals surface area contributed by atoms with Crippen molar-refractivity contribution in [3.05, 3.63) is 75.9 Å². The van der Waals surface area contributed by atoms with Gasteiger partial charge in [0.15, 0.2) is 5.60 Å². The van der Waals surface area contributed by atoms with Gasteiger partial charge in [0.05, 0.1) is 4.88 Å². The normalized spacial score (nSPS) is 11.0. The average Bonchev–Trinajstić information content (AvgIpc) is 3.19. The summed E-state index contributed by atoms with van der Waals surface area (Å²) < 4.78 is 5.80. The summed E-state index contributed by atoms with van der Waals surface area (Å²) in [5.41, 5.74) is 0.0405. The summed E-state index contributed by atoms with van der Waals surface area (Å²) in [7, 11) is 0. The Kier molecular flexibility index (Phi) is 6.02. The number of benzene rings is 2. The Bertz CT molecular complexity index is 970. The third-order valence-electron chi connectivity index (χ3n) is 3.86. The number of nitrogens with one attached hydrogen (secondary N) is 2. The van der Waals surface area contributed by atoms with Crippen molar-refractivity contribution in [1.29, 1.82) is 0 Å². The lowest BCUT2D eigenvalue weighted by Gasteiger charge is -2.25. The van der Waals surface area contributed by atoms with E-state index in [1.165, 1.54) is 11.3 Å². The van der Waals surface area contributed by atoms with Gasteiger partial charge in [-0.25, -0.2) is 0 Å². The second kappa shape index (κ2) is 8.46. The first kappa shape index (κ1) is 19.9. The highest BCUT2D eigenvalue weighted by molar-refractivity contribution is 7.12. The summed E-state index contributed by atoms with van der Waals surface area (Å²) in [6.45, 7) is 3.36. The topological polar surface area (TPSA) is 67.4 Å². The zero-order valence-corrected chi connectivity index (χ0v) is 16.9. The molecule has 3 rings (SSSR count). The molecule has 144 valence electrons. The minimum absolute atomic E-state index is 0.190. The van der Waals surface area contributed by atoms with E-state index in [2.05, 4.69) is 10.6 Å². The smallest absolute Gasteiger partial charge is 0.267 e. The largest absolute Gasteiger partial charge is 0.478 e. The van der Waals surface area contributed by atoms with Crippen LogP contribution in [0.1, 0.15) is 23.5 Å². The van der Waals surface area contributed by atoms with Crippen LogP contribution in [0.25, 0.3) is 0 Å². The van der Waals surface area contributed by atoms with Gasteiger partial charge in [-0.3, -0.25) is 9.59 Å². The lowest BCUT2D eigenvalue weighted by atomic mass is 10.1. The molecule has 7 heteroatoms. The first-order chi connectivity index (χ1) is 13.3. The maximum atomic E-state index is 12.7. The molecule has 0 spiro atoms. The zero-order valence-electron chi connectivity index (χ0n) is 15.4. The number of ether oxygens (including phenoxy) is 1. The van der Waals surface area contributed by atoms with Crippen LogP contribution in [0.3, 0.4) is 0 Å². The van der Waals surface area contributed by atoms with Crippen molar-refractivity contribution in [2.24, 2.45) is 0 Å². The van der Waals surface area contributed by atoms with Crippen molar-refractivity contribution >= 4 is 46.1 Å². The summed E-state index contributed by atoms with van der Waals surface area (Å²) in [6, 6.07) is 17.3. The van der Waals surface area contributed by atoms with Gasteiger partial charge in [0, 0.05) is 16.4 Å². The Morgan fingerprint density at radius 2 is 1.64 bits per heavy atom. The fourth-order valence-corrected chi connectivity index (χ4v) is 3.15. The van der Waals surface area contributed by atoms with Crippen molar-refractivity contribution in [2.45, 2.75) is 19.4 Å². The molecule has 0 aliphatic carbocycles. The van der Waals surface area contributed by atoms with Gasteiger partial charge in [-0.15, -0.1) is 11.3 Å². The highest BCUT2D eigenvalue weighted by Crippen LogP contribution is 2.23. The first-order valence-electron chi connectivity index (χ1n) is 8.54. The molecule has 0 saturated heterocycles. The monoisotopic (exact) mass is 414 g/mol. The third kappa shape index (κ3) is 5.12. The first-order valence-corrected chi connectivity index (χ1v) is 9.80. The Labute approximate surface area is 172 Å². The Hall–Kier alpha value is -2.83. The minimum Gasteiger partial charge on any atom is -0.478 e. The van der Waals surface area contributed by atoms with Crippen molar-refractivity contribution in [2.75, 3.05) is 10.6 Å². The number of anilines is 2. The van der Waals surface area contributed by atoms with Gasteiger partial charge >= 0.3 is 0 Å². The lowest BCUT2D eigenvalue weighted by Crippen LogP contribution is -2.42. The molecule has 2 amide bonds. The second-order valence-corrected chi connectivity index (χ2v) is 7.92. The summed E-state index contributed by atoms with van der Waals surface area (Å²) in [5.74, 6) is 0.0376. The maximum absolute atomic E-state index is 12.7. The predicted molar refractivity (Wildman–Crippen MR) is 114 cm³/mol. The van der Waals surface area contributed by atoms with Gasteiger partial charge in [-0.05, 0) is 67.8 Å². The molecular weight excluding hydrogens is 396 g/mol. The van der Waals surface area contributed by atoms with Crippen molar-refractivity contribution in [3.63, 3.8) is 0 Å². The Morgan fingerprint density at radius 1 is 0.964 bits per heavy atom. The predicted octanol–water partition coefficient (Wildman–Crippen LogP) is 5.45. The molecule has 2 aromatic carbocycles. The van der Waals surface area contributed by atoms with Crippen LogP contribution in [-0.4, -0.2) is 17.4 Å². The highest BCUT2D eigenvalue weighted by Gasteiger charge is 2.30. The van der Waals surface area contributed by atoms with E-state index in [9.17, 15) is 9.59 Å². The van der Waals surface area contributed by atoms with Crippen LogP contribution in [0.5, 0.6) is 5.75 Å². The molecule has 5 nitrogen and oxygen atoms in total. The molecule has 0 atom stereocenters. The molecule has 2 N–H and O–H groups in total. The third-order valence-corrected chi connectivity index (χ3v) is 4.98. The van der Waals surface area contributed by atoms with E-state index in [1.54, 1.807) is 68.4 Å². The standard InChI is InChI=1S/C21H19ClN2O3S/c1-21(2,27-17-10-8-14(22)9-11-17)20(26)24-16-6-3-5-15(13-16)23-19(25)18-7-4-12-28-18/h3-13H,1-2H3,(H,23,25)(H,24,26). The number of hydrogen-bond donors (Lipinski definition) is 2. The second-order valence-electron chi connectivity index (χ2n) is 6.53. The lowest BCUT2D eigenvalue weighted by molar-refractivity contribution is -0.128. The molecule has 3 aromatic rings. The van der Waals surface area contributed by atoms with Crippen molar-refractivity contribution < 1.29 is 14.3 Å². The summed E-state index contributed by atoms with van der Waals surface area (Å²) in [4.78, 5) is 25.5. The fraction of sp³-hybridized carbons (Fsp3) is 0.143. The Morgan fingerprint density at radius 3 is 2.29 bits per heavy atom. The van der Waals surface area contributed by atoms with Gasteiger partial charge in [0.1, 0.15) is 5.75 Å². The SMILES string of the molecule is CC(C)(Oc1ccc(Cl)cc1)C(=O)Nc1cccc(NC(=O)c2cccs2)c1. The van der Waals surface area contributed by atoms with Gasteiger partial charge in [-0.2, -0.15) is 0 Å². The molecule has 0 bridgehead atoms. The maximum Gasteiger partial charge on any atom is 0.267 e. The molecule has 28 heavy (non-hydrogen) atoms. The van der Waals surface area contributed by atoms with Crippen LogP contribution < -0.4 is 15.4 Å². The zero-order chi connectivity index (χ0) is 20.1. The van der Waals surface area contributed by atoms with Crippen molar-refractivity contribution in [1.82, 2.24) is 0 Å². The molecule has 0 radical (unpaired) electrons. The van der Waals surface area contributed by atoms with Gasteiger partial charge in [-0.1, -0.05) is 23.7 Å². The number of thiophene rings is 1. The molecule has 0 fully saturated rings.